The van der Waals surface area contributed by atoms with Crippen LogP contribution in [0.5, 0.6) is 0 Å². The molecule has 0 amide bonds. The number of benzene rings is 3. The van der Waals surface area contributed by atoms with E-state index >= 15 is 0 Å². The number of aryl methyl sites for hydroxylation is 2. The van der Waals surface area contributed by atoms with E-state index in [4.69, 9.17) is 0 Å². The van der Waals surface area contributed by atoms with Gasteiger partial charge in [-0.2, -0.15) is 0 Å². The SMILES string of the molecule is Cc1cc(N(c2ccccc2)c2ccccc2)cc(C)c1I. The smallest absolute Gasteiger partial charge is 0.0467 e. The average molecular weight is 399 g/mol. The van der Waals surface area contributed by atoms with Crippen LogP contribution < -0.4 is 4.90 Å². The molecule has 3 rings (SSSR count). The highest BCUT2D eigenvalue weighted by Gasteiger charge is 2.13. The second kappa shape index (κ2) is 6.53. The minimum absolute atomic E-state index is 1.17. The molecule has 0 saturated carbocycles. The monoisotopic (exact) mass is 399 g/mol. The molecule has 3 aromatic rings. The Morgan fingerprint density at radius 1 is 0.636 bits per heavy atom. The molecule has 0 bridgehead atoms. The van der Waals surface area contributed by atoms with E-state index in [1.165, 1.54) is 31.8 Å². The van der Waals surface area contributed by atoms with Gasteiger partial charge in [0.25, 0.3) is 0 Å². The standard InChI is InChI=1S/C20H18IN/c1-15-13-19(14-16(2)20(15)21)22(17-9-5-3-6-10-17)18-11-7-4-8-12-18/h3-14H,1-2H3. The summed E-state index contributed by atoms with van der Waals surface area (Å²) in [5.41, 5.74) is 6.18. The zero-order valence-corrected chi connectivity index (χ0v) is 14.9. The largest absolute Gasteiger partial charge is 0.310 e. The van der Waals surface area contributed by atoms with Gasteiger partial charge in [0, 0.05) is 20.6 Å². The van der Waals surface area contributed by atoms with Gasteiger partial charge in [-0.15, -0.1) is 0 Å². The molecule has 0 saturated heterocycles. The summed E-state index contributed by atoms with van der Waals surface area (Å²) in [6.45, 7) is 4.35. The number of para-hydroxylation sites is 2. The Morgan fingerprint density at radius 3 is 1.45 bits per heavy atom. The molecule has 22 heavy (non-hydrogen) atoms. The number of hydrogen-bond acceptors (Lipinski definition) is 1. The summed E-state index contributed by atoms with van der Waals surface area (Å²) in [7, 11) is 0. The summed E-state index contributed by atoms with van der Waals surface area (Å²) >= 11 is 2.42. The molecule has 110 valence electrons. The van der Waals surface area contributed by atoms with Crippen LogP contribution in [-0.4, -0.2) is 0 Å². The van der Waals surface area contributed by atoms with Crippen molar-refractivity contribution >= 4 is 39.7 Å². The van der Waals surface area contributed by atoms with Crippen molar-refractivity contribution in [1.82, 2.24) is 0 Å². The minimum Gasteiger partial charge on any atom is -0.310 e. The number of rotatable bonds is 3. The van der Waals surface area contributed by atoms with Crippen LogP contribution in [-0.2, 0) is 0 Å². The topological polar surface area (TPSA) is 3.24 Å². The molecule has 0 heterocycles. The maximum Gasteiger partial charge on any atom is 0.0467 e. The molecule has 0 fully saturated rings. The Balaban J connectivity index is 2.19. The molecule has 0 aliphatic rings. The molecular formula is C20H18IN. The first-order chi connectivity index (χ1) is 10.7. The first-order valence-electron chi connectivity index (χ1n) is 7.34. The Labute approximate surface area is 145 Å². The average Bonchev–Trinajstić information content (AvgIpc) is 2.55. The first kappa shape index (κ1) is 15.1. The third kappa shape index (κ3) is 3.02. The van der Waals surface area contributed by atoms with E-state index in [0.717, 1.165) is 0 Å². The molecule has 2 heteroatoms. The Bertz CT molecular complexity index is 704. The predicted octanol–water partition coefficient (Wildman–Crippen LogP) is 6.38. The fourth-order valence-corrected chi connectivity index (χ4v) is 2.96. The summed E-state index contributed by atoms with van der Waals surface area (Å²) in [5, 5.41) is 0. The number of nitrogens with zero attached hydrogens (tertiary/aromatic N) is 1. The first-order valence-corrected chi connectivity index (χ1v) is 8.41. The lowest BCUT2D eigenvalue weighted by molar-refractivity contribution is 1.24. The van der Waals surface area contributed by atoms with Gasteiger partial charge in [0.15, 0.2) is 0 Å². The molecule has 0 unspecified atom stereocenters. The van der Waals surface area contributed by atoms with Crippen LogP contribution in [0, 0.1) is 17.4 Å². The van der Waals surface area contributed by atoms with E-state index in [2.05, 4.69) is 114 Å². The van der Waals surface area contributed by atoms with Crippen LogP contribution in [0.15, 0.2) is 72.8 Å². The molecule has 1 nitrogen and oxygen atoms in total. The van der Waals surface area contributed by atoms with E-state index in [0.29, 0.717) is 0 Å². The third-order valence-electron chi connectivity index (χ3n) is 3.71. The summed E-state index contributed by atoms with van der Waals surface area (Å²) in [5.74, 6) is 0. The van der Waals surface area contributed by atoms with Gasteiger partial charge in [0.1, 0.15) is 0 Å². The van der Waals surface area contributed by atoms with Gasteiger partial charge in [0.05, 0.1) is 0 Å². The third-order valence-corrected chi connectivity index (χ3v) is 5.41. The van der Waals surface area contributed by atoms with Crippen molar-refractivity contribution in [1.29, 1.82) is 0 Å². The van der Waals surface area contributed by atoms with Gasteiger partial charge in [-0.3, -0.25) is 0 Å². The van der Waals surface area contributed by atoms with Crippen molar-refractivity contribution in [3.8, 4) is 0 Å². The van der Waals surface area contributed by atoms with Crippen LogP contribution in [0.4, 0.5) is 17.1 Å². The number of anilines is 3. The summed E-state index contributed by atoms with van der Waals surface area (Å²) in [6, 6.07) is 25.5. The maximum atomic E-state index is 2.42. The quantitative estimate of drug-likeness (QED) is 0.462. The normalized spacial score (nSPS) is 10.5. The van der Waals surface area contributed by atoms with Crippen molar-refractivity contribution in [3.05, 3.63) is 87.5 Å². The van der Waals surface area contributed by atoms with Gasteiger partial charge >= 0.3 is 0 Å². The van der Waals surface area contributed by atoms with Gasteiger partial charge in [0.2, 0.25) is 0 Å². The summed E-state index contributed by atoms with van der Waals surface area (Å²) < 4.78 is 1.34. The number of hydrogen-bond donors (Lipinski definition) is 0. The zero-order chi connectivity index (χ0) is 15.5. The lowest BCUT2D eigenvalue weighted by atomic mass is 10.1. The highest BCUT2D eigenvalue weighted by molar-refractivity contribution is 14.1. The van der Waals surface area contributed by atoms with E-state index < -0.39 is 0 Å². The molecule has 0 radical (unpaired) electrons. The molecular weight excluding hydrogens is 381 g/mol. The maximum absolute atomic E-state index is 2.42. The highest BCUT2D eigenvalue weighted by Crippen LogP contribution is 2.36. The fourth-order valence-electron chi connectivity index (χ4n) is 2.65. The van der Waals surface area contributed by atoms with E-state index in [1.807, 2.05) is 0 Å². The second-order valence-electron chi connectivity index (χ2n) is 5.40. The van der Waals surface area contributed by atoms with Gasteiger partial charge in [-0.05, 0) is 84.0 Å². The zero-order valence-electron chi connectivity index (χ0n) is 12.8. The van der Waals surface area contributed by atoms with Crippen LogP contribution in [0.1, 0.15) is 11.1 Å². The predicted molar refractivity (Wildman–Crippen MR) is 103 cm³/mol. The van der Waals surface area contributed by atoms with Gasteiger partial charge in [-0.25, -0.2) is 0 Å². The van der Waals surface area contributed by atoms with Gasteiger partial charge < -0.3 is 4.90 Å². The molecule has 0 atom stereocenters. The van der Waals surface area contributed by atoms with E-state index in [1.54, 1.807) is 0 Å². The molecule has 0 spiro atoms. The van der Waals surface area contributed by atoms with Crippen molar-refractivity contribution in [3.63, 3.8) is 0 Å². The summed E-state index contributed by atoms with van der Waals surface area (Å²) in [4.78, 5) is 2.30. The van der Waals surface area contributed by atoms with Crippen molar-refractivity contribution in [2.75, 3.05) is 4.90 Å². The molecule has 0 aromatic heterocycles. The molecule has 0 aliphatic heterocycles. The fraction of sp³-hybridized carbons (Fsp3) is 0.100. The van der Waals surface area contributed by atoms with Crippen molar-refractivity contribution in [2.24, 2.45) is 0 Å². The second-order valence-corrected chi connectivity index (χ2v) is 6.48. The Kier molecular flexibility index (Phi) is 4.48. The van der Waals surface area contributed by atoms with Crippen molar-refractivity contribution < 1.29 is 0 Å². The molecule has 0 N–H and O–H groups in total. The lowest BCUT2D eigenvalue weighted by Gasteiger charge is -2.26. The van der Waals surface area contributed by atoms with E-state index in [-0.39, 0.29) is 0 Å². The minimum atomic E-state index is 1.17. The van der Waals surface area contributed by atoms with Crippen LogP contribution in [0.25, 0.3) is 0 Å². The summed E-state index contributed by atoms with van der Waals surface area (Å²) in [6.07, 6.45) is 0. The van der Waals surface area contributed by atoms with Crippen LogP contribution >= 0.6 is 22.6 Å². The van der Waals surface area contributed by atoms with Crippen LogP contribution in [0.2, 0.25) is 0 Å². The Hall–Kier alpha value is -1.81. The molecule has 3 aromatic carbocycles. The number of halogens is 1. The van der Waals surface area contributed by atoms with E-state index in [9.17, 15) is 0 Å². The van der Waals surface area contributed by atoms with Crippen molar-refractivity contribution in [2.45, 2.75) is 13.8 Å². The highest BCUT2D eigenvalue weighted by atomic mass is 127. The van der Waals surface area contributed by atoms with Gasteiger partial charge in [-0.1, -0.05) is 36.4 Å². The lowest BCUT2D eigenvalue weighted by Crippen LogP contribution is -2.10. The molecule has 0 aliphatic carbocycles. The van der Waals surface area contributed by atoms with Crippen LogP contribution in [0.3, 0.4) is 0 Å². The Morgan fingerprint density at radius 2 is 1.05 bits per heavy atom.